The highest BCUT2D eigenvalue weighted by molar-refractivity contribution is 9.10. The Morgan fingerprint density at radius 1 is 1.15 bits per heavy atom. The highest BCUT2D eigenvalue weighted by Crippen LogP contribution is 2.34. The number of nitrogens with zero attached hydrogens (tertiary/aromatic N) is 1. The lowest BCUT2D eigenvalue weighted by molar-refractivity contribution is -0.128. The third-order valence-corrected chi connectivity index (χ3v) is 8.26. The number of halogens is 2. The number of thioether (sulfide) groups is 1. The number of carbonyl (C=O) groups excluding carboxylic acids is 1. The van der Waals surface area contributed by atoms with Gasteiger partial charge in [0, 0.05) is 47.5 Å². The van der Waals surface area contributed by atoms with E-state index >= 15 is 0 Å². The van der Waals surface area contributed by atoms with E-state index in [1.54, 1.807) is 23.9 Å². The molecule has 0 aromatic heterocycles. The zero-order valence-corrected chi connectivity index (χ0v) is 24.1. The van der Waals surface area contributed by atoms with Crippen molar-refractivity contribution in [3.63, 3.8) is 0 Å². The molecule has 0 aliphatic carbocycles. The third-order valence-electron chi connectivity index (χ3n) is 6.46. The zero-order valence-electron chi connectivity index (χ0n) is 21.7. The SMILES string of the molecule is C[C@H]1OC(c2ccc(OCCCO)cc2)=N[C@@]1(Cc1ccccc1Br)C(=O)NCCSCc1ccc(F)cc1. The molecule has 0 unspecified atom stereocenters. The Balaban J connectivity index is 1.47. The largest absolute Gasteiger partial charge is 0.494 e. The molecule has 1 aliphatic heterocycles. The highest BCUT2D eigenvalue weighted by atomic mass is 79.9. The fraction of sp³-hybridized carbons (Fsp3) is 0.333. The molecule has 0 saturated carbocycles. The van der Waals surface area contributed by atoms with Gasteiger partial charge in [0.1, 0.15) is 17.7 Å². The zero-order chi connectivity index (χ0) is 27.7. The van der Waals surface area contributed by atoms with Gasteiger partial charge in [-0.1, -0.05) is 46.3 Å². The Morgan fingerprint density at radius 3 is 2.62 bits per heavy atom. The molecule has 206 valence electrons. The molecule has 3 aromatic carbocycles. The van der Waals surface area contributed by atoms with Crippen molar-refractivity contribution in [2.75, 3.05) is 25.5 Å². The van der Waals surface area contributed by atoms with Crippen molar-refractivity contribution >= 4 is 39.5 Å². The van der Waals surface area contributed by atoms with Crippen LogP contribution >= 0.6 is 27.7 Å². The summed E-state index contributed by atoms with van der Waals surface area (Å²) in [5.41, 5.74) is 1.62. The van der Waals surface area contributed by atoms with Crippen LogP contribution in [-0.2, 0) is 21.7 Å². The molecule has 1 aliphatic rings. The van der Waals surface area contributed by atoms with Crippen LogP contribution in [-0.4, -0.2) is 54.1 Å². The monoisotopic (exact) mass is 614 g/mol. The van der Waals surface area contributed by atoms with Crippen molar-refractivity contribution < 1.29 is 23.8 Å². The van der Waals surface area contributed by atoms with Crippen molar-refractivity contribution in [2.45, 2.75) is 37.2 Å². The molecule has 9 heteroatoms. The second-order valence-corrected chi connectivity index (χ2v) is 11.2. The van der Waals surface area contributed by atoms with Crippen molar-refractivity contribution in [1.82, 2.24) is 5.32 Å². The van der Waals surface area contributed by atoms with E-state index in [2.05, 4.69) is 21.2 Å². The molecule has 2 N–H and O–H groups in total. The number of hydrogen-bond acceptors (Lipinski definition) is 6. The fourth-order valence-electron chi connectivity index (χ4n) is 4.24. The Bertz CT molecular complexity index is 1270. The first-order valence-electron chi connectivity index (χ1n) is 12.9. The number of amides is 1. The minimum absolute atomic E-state index is 0.0786. The maximum atomic E-state index is 13.7. The summed E-state index contributed by atoms with van der Waals surface area (Å²) >= 11 is 5.28. The number of benzene rings is 3. The van der Waals surface area contributed by atoms with Gasteiger partial charge in [-0.05, 0) is 60.5 Å². The quantitative estimate of drug-likeness (QED) is 0.247. The number of aliphatic imine (C=N–C) groups is 1. The first-order valence-corrected chi connectivity index (χ1v) is 14.8. The molecule has 0 fully saturated rings. The maximum Gasteiger partial charge on any atom is 0.252 e. The summed E-state index contributed by atoms with van der Waals surface area (Å²) in [4.78, 5) is 18.6. The standard InChI is InChI=1S/C30H32BrFN2O4S/c1-21-30(19-24-5-2-3-6-27(24)31,29(36)33-15-18-39-20-22-7-11-25(32)12-8-22)34-28(38-21)23-9-13-26(14-10-23)37-17-4-16-35/h2-3,5-14,21,35H,4,15-20H2,1H3,(H,33,36)/t21-,30-/m1/s1. The predicted molar refractivity (Wildman–Crippen MR) is 157 cm³/mol. The maximum absolute atomic E-state index is 13.7. The number of hydrogen-bond donors (Lipinski definition) is 2. The van der Waals surface area contributed by atoms with Crippen LogP contribution in [0.25, 0.3) is 0 Å². The van der Waals surface area contributed by atoms with Crippen LogP contribution in [0.1, 0.15) is 30.0 Å². The number of ether oxygens (including phenoxy) is 2. The molecular weight excluding hydrogens is 583 g/mol. The number of rotatable bonds is 13. The lowest BCUT2D eigenvalue weighted by Crippen LogP contribution is -2.53. The van der Waals surface area contributed by atoms with E-state index in [-0.39, 0.29) is 18.3 Å². The highest BCUT2D eigenvalue weighted by Gasteiger charge is 2.50. The van der Waals surface area contributed by atoms with Crippen LogP contribution in [0.4, 0.5) is 4.39 Å². The summed E-state index contributed by atoms with van der Waals surface area (Å²) in [7, 11) is 0. The number of aliphatic hydroxyl groups is 1. The van der Waals surface area contributed by atoms with Crippen LogP contribution in [0.3, 0.4) is 0 Å². The average molecular weight is 616 g/mol. The summed E-state index contributed by atoms with van der Waals surface area (Å²) < 4.78 is 25.9. The van der Waals surface area contributed by atoms with Gasteiger partial charge in [-0.15, -0.1) is 0 Å². The van der Waals surface area contributed by atoms with Crippen LogP contribution in [0.5, 0.6) is 5.75 Å². The van der Waals surface area contributed by atoms with E-state index in [1.165, 1.54) is 12.1 Å². The van der Waals surface area contributed by atoms with Gasteiger partial charge in [0.2, 0.25) is 5.90 Å². The molecule has 4 rings (SSSR count). The van der Waals surface area contributed by atoms with Gasteiger partial charge in [-0.3, -0.25) is 4.79 Å². The van der Waals surface area contributed by atoms with E-state index in [0.717, 1.165) is 26.9 Å². The molecule has 1 heterocycles. The molecule has 0 spiro atoms. The second-order valence-electron chi connectivity index (χ2n) is 9.25. The Kier molecular flexibility index (Phi) is 10.4. The number of aliphatic hydroxyl groups excluding tert-OH is 1. The van der Waals surface area contributed by atoms with E-state index < -0.39 is 11.6 Å². The van der Waals surface area contributed by atoms with Crippen molar-refractivity contribution in [3.8, 4) is 5.75 Å². The molecule has 3 aromatic rings. The average Bonchev–Trinajstić information content (AvgIpc) is 3.28. The second kappa shape index (κ2) is 14.0. The van der Waals surface area contributed by atoms with Gasteiger partial charge in [-0.2, -0.15) is 11.8 Å². The molecule has 6 nitrogen and oxygen atoms in total. The van der Waals surface area contributed by atoms with Crippen molar-refractivity contribution in [2.24, 2.45) is 4.99 Å². The molecule has 0 bridgehead atoms. The van der Waals surface area contributed by atoms with E-state index in [0.29, 0.717) is 43.4 Å². The number of carbonyl (C=O) groups is 1. The van der Waals surface area contributed by atoms with Crippen LogP contribution in [0.15, 0.2) is 82.3 Å². The Morgan fingerprint density at radius 2 is 1.90 bits per heavy atom. The third kappa shape index (κ3) is 7.62. The first-order chi connectivity index (χ1) is 18.9. The normalized spacial score (nSPS) is 18.4. The summed E-state index contributed by atoms with van der Waals surface area (Å²) in [6.45, 7) is 2.86. The lowest BCUT2D eigenvalue weighted by Gasteiger charge is -2.28. The lowest BCUT2D eigenvalue weighted by atomic mass is 9.86. The van der Waals surface area contributed by atoms with Crippen molar-refractivity contribution in [3.05, 3.63) is 99.8 Å². The summed E-state index contributed by atoms with van der Waals surface area (Å²) in [6.07, 6.45) is 0.439. The smallest absolute Gasteiger partial charge is 0.252 e. The Labute approximate surface area is 241 Å². The molecule has 1 amide bonds. The van der Waals surface area contributed by atoms with Gasteiger partial charge >= 0.3 is 0 Å². The van der Waals surface area contributed by atoms with E-state index in [4.69, 9.17) is 19.6 Å². The topological polar surface area (TPSA) is 80.2 Å². The summed E-state index contributed by atoms with van der Waals surface area (Å²) in [5.74, 6) is 2.11. The first kappa shape index (κ1) is 29.1. The van der Waals surface area contributed by atoms with Gasteiger partial charge in [0.15, 0.2) is 5.54 Å². The molecule has 2 atom stereocenters. The number of nitrogens with one attached hydrogen (secondary N) is 1. The molecule has 39 heavy (non-hydrogen) atoms. The van der Waals surface area contributed by atoms with Gasteiger partial charge in [0.05, 0.1) is 6.61 Å². The van der Waals surface area contributed by atoms with E-state index in [9.17, 15) is 9.18 Å². The van der Waals surface area contributed by atoms with Crippen LogP contribution in [0.2, 0.25) is 0 Å². The minimum Gasteiger partial charge on any atom is -0.494 e. The Hall–Kier alpha value is -2.88. The van der Waals surface area contributed by atoms with E-state index in [1.807, 2.05) is 55.5 Å². The minimum atomic E-state index is -1.14. The van der Waals surface area contributed by atoms with Gasteiger partial charge < -0.3 is 19.9 Å². The van der Waals surface area contributed by atoms with Crippen LogP contribution < -0.4 is 10.1 Å². The fourth-order valence-corrected chi connectivity index (χ4v) is 5.48. The molecular formula is C30H32BrFN2O4S. The van der Waals surface area contributed by atoms with Gasteiger partial charge in [0.25, 0.3) is 5.91 Å². The van der Waals surface area contributed by atoms with Crippen molar-refractivity contribution in [1.29, 1.82) is 0 Å². The van der Waals surface area contributed by atoms with Gasteiger partial charge in [-0.25, -0.2) is 9.38 Å². The predicted octanol–water partition coefficient (Wildman–Crippen LogP) is 5.55. The molecule has 0 radical (unpaired) electrons. The molecule has 0 saturated heterocycles. The summed E-state index contributed by atoms with van der Waals surface area (Å²) in [6, 6.07) is 21.6. The van der Waals surface area contributed by atoms with Crippen LogP contribution in [0, 0.1) is 5.82 Å². The summed E-state index contributed by atoms with van der Waals surface area (Å²) in [5, 5.41) is 12.0.